The van der Waals surface area contributed by atoms with E-state index in [9.17, 15) is 4.79 Å². The van der Waals surface area contributed by atoms with Gasteiger partial charge in [-0.25, -0.2) is 0 Å². The number of carbonyl (C=O) groups excluding carboxylic acids is 1. The van der Waals surface area contributed by atoms with Crippen LogP contribution in [0.15, 0.2) is 0 Å². The number of amides is 1. The molecule has 1 unspecified atom stereocenters. The molecule has 0 aromatic heterocycles. The average Bonchev–Trinajstić information content (AvgIpc) is 3.01. The summed E-state index contributed by atoms with van der Waals surface area (Å²) >= 11 is 0. The van der Waals surface area contributed by atoms with Crippen LogP contribution in [0.25, 0.3) is 0 Å². The molecule has 1 atom stereocenters. The zero-order valence-electron chi connectivity index (χ0n) is 10.8. The molecule has 0 heterocycles. The molecule has 1 rings (SSSR count). The van der Waals surface area contributed by atoms with Crippen molar-refractivity contribution < 1.29 is 4.79 Å². The highest BCUT2D eigenvalue weighted by atomic mass is 16.1. The Morgan fingerprint density at radius 3 is 2.50 bits per heavy atom. The van der Waals surface area contributed by atoms with Crippen LogP contribution in [-0.2, 0) is 4.79 Å². The summed E-state index contributed by atoms with van der Waals surface area (Å²) in [5, 5.41) is 3.20. The van der Waals surface area contributed by atoms with Gasteiger partial charge >= 0.3 is 0 Å². The number of likely N-dealkylation sites (N-methyl/N-ethyl adjacent to an activating group) is 2. The van der Waals surface area contributed by atoms with E-state index < -0.39 is 5.54 Å². The number of carbonyl (C=O) groups is 1. The highest BCUT2D eigenvalue weighted by Crippen LogP contribution is 2.30. The van der Waals surface area contributed by atoms with Crippen LogP contribution in [0.3, 0.4) is 0 Å². The number of nitrogens with one attached hydrogen (secondary N) is 1. The number of primary amides is 1. The second kappa shape index (κ2) is 5.64. The predicted molar refractivity (Wildman–Crippen MR) is 66.1 cm³/mol. The molecule has 0 bridgehead atoms. The molecule has 1 fully saturated rings. The Bertz CT molecular complexity index is 240. The van der Waals surface area contributed by atoms with E-state index in [0.717, 1.165) is 25.6 Å². The molecule has 1 amide bonds. The van der Waals surface area contributed by atoms with Crippen LogP contribution < -0.4 is 11.1 Å². The minimum Gasteiger partial charge on any atom is -0.368 e. The topological polar surface area (TPSA) is 58.4 Å². The lowest BCUT2D eigenvalue weighted by Crippen LogP contribution is -2.59. The summed E-state index contributed by atoms with van der Waals surface area (Å²) in [5.41, 5.74) is 4.88. The Balaban J connectivity index is 2.52. The zero-order chi connectivity index (χ0) is 12.2. The molecule has 4 heteroatoms. The minimum absolute atomic E-state index is 0.261. The fourth-order valence-electron chi connectivity index (χ4n) is 2.03. The zero-order valence-corrected chi connectivity index (χ0v) is 10.8. The normalized spacial score (nSPS) is 19.8. The first-order chi connectivity index (χ1) is 7.51. The van der Waals surface area contributed by atoms with E-state index in [2.05, 4.69) is 17.1 Å². The first-order valence-corrected chi connectivity index (χ1v) is 6.29. The van der Waals surface area contributed by atoms with Crippen molar-refractivity contribution >= 4 is 5.91 Å². The van der Waals surface area contributed by atoms with Gasteiger partial charge < -0.3 is 16.0 Å². The molecule has 1 aliphatic rings. The molecular formula is C12H25N3O. The van der Waals surface area contributed by atoms with Gasteiger partial charge in [-0.1, -0.05) is 13.8 Å². The van der Waals surface area contributed by atoms with Gasteiger partial charge in [-0.3, -0.25) is 4.79 Å². The van der Waals surface area contributed by atoms with Crippen LogP contribution >= 0.6 is 0 Å². The Hall–Kier alpha value is -0.610. The van der Waals surface area contributed by atoms with Crippen LogP contribution in [-0.4, -0.2) is 42.5 Å². The molecule has 1 saturated carbocycles. The van der Waals surface area contributed by atoms with Crippen molar-refractivity contribution in [2.45, 2.75) is 39.2 Å². The van der Waals surface area contributed by atoms with Crippen LogP contribution in [0.1, 0.15) is 33.6 Å². The molecule has 4 nitrogen and oxygen atoms in total. The SMILES string of the molecule is CCNC(C)(CN(CC)CC1CC1)C(N)=O. The summed E-state index contributed by atoms with van der Waals surface area (Å²) in [6, 6.07) is 0. The number of hydrogen-bond acceptors (Lipinski definition) is 3. The third-order valence-corrected chi connectivity index (χ3v) is 3.31. The maximum atomic E-state index is 11.5. The highest BCUT2D eigenvalue weighted by Gasteiger charge is 2.33. The first kappa shape index (κ1) is 13.5. The van der Waals surface area contributed by atoms with E-state index in [4.69, 9.17) is 5.73 Å². The van der Waals surface area contributed by atoms with E-state index in [0.29, 0.717) is 6.54 Å². The Morgan fingerprint density at radius 2 is 2.12 bits per heavy atom. The predicted octanol–water partition coefficient (Wildman–Crippen LogP) is 0.572. The van der Waals surface area contributed by atoms with Crippen molar-refractivity contribution in [3.8, 4) is 0 Å². The van der Waals surface area contributed by atoms with Crippen LogP contribution in [0, 0.1) is 5.92 Å². The van der Waals surface area contributed by atoms with Gasteiger partial charge in [0.1, 0.15) is 5.54 Å². The van der Waals surface area contributed by atoms with Crippen LogP contribution in [0.2, 0.25) is 0 Å². The van der Waals surface area contributed by atoms with Crippen molar-refractivity contribution in [1.29, 1.82) is 0 Å². The minimum atomic E-state index is -0.598. The molecule has 0 aliphatic heterocycles. The third kappa shape index (κ3) is 3.76. The lowest BCUT2D eigenvalue weighted by molar-refractivity contribution is -0.124. The van der Waals surface area contributed by atoms with Gasteiger partial charge in [0.25, 0.3) is 0 Å². The quantitative estimate of drug-likeness (QED) is 0.637. The highest BCUT2D eigenvalue weighted by molar-refractivity contribution is 5.84. The van der Waals surface area contributed by atoms with Crippen molar-refractivity contribution in [2.75, 3.05) is 26.2 Å². The van der Waals surface area contributed by atoms with Crippen molar-refractivity contribution in [3.63, 3.8) is 0 Å². The smallest absolute Gasteiger partial charge is 0.238 e. The Morgan fingerprint density at radius 1 is 1.50 bits per heavy atom. The molecule has 1 aliphatic carbocycles. The molecule has 16 heavy (non-hydrogen) atoms. The monoisotopic (exact) mass is 227 g/mol. The van der Waals surface area contributed by atoms with E-state index in [1.807, 2.05) is 13.8 Å². The molecule has 0 spiro atoms. The lowest BCUT2D eigenvalue weighted by atomic mass is 10.0. The summed E-state index contributed by atoms with van der Waals surface area (Å²) in [6.45, 7) is 9.58. The van der Waals surface area contributed by atoms with E-state index in [1.54, 1.807) is 0 Å². The third-order valence-electron chi connectivity index (χ3n) is 3.31. The Kier molecular flexibility index (Phi) is 4.74. The van der Waals surface area contributed by atoms with Crippen LogP contribution in [0.4, 0.5) is 0 Å². The lowest BCUT2D eigenvalue weighted by Gasteiger charge is -2.33. The second-order valence-electron chi connectivity index (χ2n) is 5.00. The van der Waals surface area contributed by atoms with Gasteiger partial charge in [0, 0.05) is 13.1 Å². The second-order valence-corrected chi connectivity index (χ2v) is 5.00. The number of nitrogens with two attached hydrogens (primary N) is 1. The van der Waals surface area contributed by atoms with E-state index in [-0.39, 0.29) is 5.91 Å². The molecule has 3 N–H and O–H groups in total. The van der Waals surface area contributed by atoms with Crippen molar-refractivity contribution in [3.05, 3.63) is 0 Å². The number of nitrogens with zero attached hydrogens (tertiary/aromatic N) is 1. The van der Waals surface area contributed by atoms with Gasteiger partial charge in [-0.05, 0) is 38.8 Å². The van der Waals surface area contributed by atoms with Gasteiger partial charge in [0.05, 0.1) is 0 Å². The fourth-order valence-corrected chi connectivity index (χ4v) is 2.03. The molecule has 94 valence electrons. The summed E-state index contributed by atoms with van der Waals surface area (Å²) < 4.78 is 0. The van der Waals surface area contributed by atoms with Crippen molar-refractivity contribution in [2.24, 2.45) is 11.7 Å². The molecule has 0 aromatic carbocycles. The molecular weight excluding hydrogens is 202 g/mol. The number of hydrogen-bond donors (Lipinski definition) is 2. The van der Waals surface area contributed by atoms with Crippen LogP contribution in [0.5, 0.6) is 0 Å². The molecule has 0 aromatic rings. The standard InChI is InChI=1S/C12H25N3O/c1-4-14-12(3,11(13)16)9-15(5-2)8-10-6-7-10/h10,14H,4-9H2,1-3H3,(H2,13,16). The van der Waals surface area contributed by atoms with E-state index in [1.165, 1.54) is 12.8 Å². The van der Waals surface area contributed by atoms with Gasteiger partial charge in [-0.15, -0.1) is 0 Å². The van der Waals surface area contributed by atoms with Gasteiger partial charge in [-0.2, -0.15) is 0 Å². The maximum absolute atomic E-state index is 11.5. The van der Waals surface area contributed by atoms with Crippen molar-refractivity contribution in [1.82, 2.24) is 10.2 Å². The average molecular weight is 227 g/mol. The Labute approximate surface area is 98.6 Å². The number of rotatable bonds is 8. The summed E-state index contributed by atoms with van der Waals surface area (Å²) in [7, 11) is 0. The maximum Gasteiger partial charge on any atom is 0.238 e. The summed E-state index contributed by atoms with van der Waals surface area (Å²) in [5.74, 6) is 0.585. The van der Waals surface area contributed by atoms with E-state index >= 15 is 0 Å². The van der Waals surface area contributed by atoms with Gasteiger partial charge in [0.15, 0.2) is 0 Å². The largest absolute Gasteiger partial charge is 0.368 e. The fraction of sp³-hybridized carbons (Fsp3) is 0.917. The first-order valence-electron chi connectivity index (χ1n) is 6.29. The summed E-state index contributed by atoms with van der Waals surface area (Å²) in [6.07, 6.45) is 2.68. The summed E-state index contributed by atoms with van der Waals surface area (Å²) in [4.78, 5) is 13.8. The molecule has 0 radical (unpaired) electrons. The van der Waals surface area contributed by atoms with Gasteiger partial charge in [0.2, 0.25) is 5.91 Å². The molecule has 0 saturated heterocycles.